The first kappa shape index (κ1) is 32.7. The van der Waals surface area contributed by atoms with Gasteiger partial charge in [-0.25, -0.2) is 30.6 Å². The minimum Gasteiger partial charge on any atom is -0.475 e. The standard InChI is InChI=1S/C31H36N8O6S/c1-4-33-31(41)38-26-15-23(29-37-25(18-46-29)21-6-5-9-34-27(21)44-13-12-42-3)24(17-35-26)22-14-19(30(40)39(2)32)16-36-28(22)45-20-7-10-43-11-8-20/h5-6,9,14-18,20H,4,7-8,10-13,32H2,1-3H3,(H2,33,35,38,41). The molecule has 1 aliphatic heterocycles. The molecule has 3 amide bonds. The van der Waals surface area contributed by atoms with Crippen molar-refractivity contribution < 1.29 is 28.5 Å². The van der Waals surface area contributed by atoms with E-state index >= 15 is 0 Å². The monoisotopic (exact) mass is 648 g/mol. The molecule has 242 valence electrons. The minimum atomic E-state index is -0.426. The minimum absolute atomic E-state index is 0.123. The van der Waals surface area contributed by atoms with Crippen molar-refractivity contribution in [2.75, 3.05) is 52.4 Å². The SMILES string of the molecule is CCNC(=O)Nc1cc(-c2nc(-c3cccnc3OCCOC)cs2)c(-c2cc(C(=O)N(C)N)cnc2OC2CCOCC2)cn1. The molecule has 0 bridgehead atoms. The Bertz CT molecular complexity index is 1660. The molecule has 0 radical (unpaired) electrons. The van der Waals surface area contributed by atoms with Gasteiger partial charge >= 0.3 is 6.03 Å². The van der Waals surface area contributed by atoms with E-state index in [1.807, 2.05) is 24.4 Å². The number of amides is 3. The number of carbonyl (C=O) groups excluding carboxylic acids is 2. The van der Waals surface area contributed by atoms with Gasteiger partial charge in [0.25, 0.3) is 5.91 Å². The number of ether oxygens (including phenoxy) is 4. The van der Waals surface area contributed by atoms with Gasteiger partial charge in [0.15, 0.2) is 0 Å². The molecule has 46 heavy (non-hydrogen) atoms. The van der Waals surface area contributed by atoms with Crippen molar-refractivity contribution in [3.05, 3.63) is 53.8 Å². The Kier molecular flexibility index (Phi) is 11.0. The Labute approximate surface area is 270 Å². The summed E-state index contributed by atoms with van der Waals surface area (Å²) in [5.41, 5.74) is 3.37. The number of anilines is 1. The first-order chi connectivity index (χ1) is 22.4. The van der Waals surface area contributed by atoms with Gasteiger partial charge in [0.05, 0.1) is 36.6 Å². The fourth-order valence-corrected chi connectivity index (χ4v) is 5.54. The van der Waals surface area contributed by atoms with E-state index in [0.29, 0.717) is 96.3 Å². The highest BCUT2D eigenvalue weighted by molar-refractivity contribution is 7.13. The molecule has 5 rings (SSSR count). The van der Waals surface area contributed by atoms with E-state index in [-0.39, 0.29) is 11.7 Å². The van der Waals surface area contributed by atoms with Gasteiger partial charge in [0.1, 0.15) is 23.5 Å². The molecule has 0 unspecified atom stereocenters. The van der Waals surface area contributed by atoms with Crippen molar-refractivity contribution in [2.24, 2.45) is 5.84 Å². The molecule has 4 aromatic heterocycles. The van der Waals surface area contributed by atoms with Crippen LogP contribution in [-0.2, 0) is 9.47 Å². The highest BCUT2D eigenvalue weighted by Gasteiger charge is 2.24. The number of nitrogens with one attached hydrogen (secondary N) is 2. The average Bonchev–Trinajstić information content (AvgIpc) is 3.56. The lowest BCUT2D eigenvalue weighted by Gasteiger charge is -2.24. The maximum atomic E-state index is 12.9. The Balaban J connectivity index is 1.62. The van der Waals surface area contributed by atoms with Crippen LogP contribution in [0.15, 0.2) is 48.2 Å². The van der Waals surface area contributed by atoms with Crippen molar-refractivity contribution in [3.8, 4) is 44.7 Å². The number of hydrogen-bond acceptors (Lipinski definition) is 12. The molecular formula is C31H36N8O6S. The highest BCUT2D eigenvalue weighted by atomic mass is 32.1. The second kappa shape index (κ2) is 15.5. The molecule has 1 saturated heterocycles. The fourth-order valence-electron chi connectivity index (χ4n) is 4.69. The number of carbonyl (C=O) groups is 2. The van der Waals surface area contributed by atoms with Crippen LogP contribution in [-0.4, -0.2) is 90.1 Å². The number of hydrazine groups is 1. The van der Waals surface area contributed by atoms with Gasteiger partial charge in [-0.05, 0) is 31.2 Å². The number of hydrogen-bond donors (Lipinski definition) is 3. The van der Waals surface area contributed by atoms with Gasteiger partial charge in [0.2, 0.25) is 11.8 Å². The topological polar surface area (TPSA) is 176 Å². The largest absolute Gasteiger partial charge is 0.475 e. The summed E-state index contributed by atoms with van der Waals surface area (Å²) in [7, 11) is 3.07. The second-order valence-electron chi connectivity index (χ2n) is 10.3. The van der Waals surface area contributed by atoms with E-state index in [1.54, 1.807) is 31.6 Å². The van der Waals surface area contributed by atoms with E-state index < -0.39 is 11.9 Å². The molecule has 15 heteroatoms. The first-order valence-electron chi connectivity index (χ1n) is 14.7. The molecule has 4 N–H and O–H groups in total. The van der Waals surface area contributed by atoms with E-state index in [4.69, 9.17) is 29.8 Å². The molecular weight excluding hydrogens is 612 g/mol. The third-order valence-corrected chi connectivity index (χ3v) is 7.82. The smallest absolute Gasteiger partial charge is 0.320 e. The van der Waals surface area contributed by atoms with Crippen LogP contribution in [0.1, 0.15) is 30.1 Å². The highest BCUT2D eigenvalue weighted by Crippen LogP contribution is 2.41. The summed E-state index contributed by atoms with van der Waals surface area (Å²) in [6.45, 7) is 4.17. The number of pyridine rings is 3. The van der Waals surface area contributed by atoms with Gasteiger partial charge in [-0.15, -0.1) is 11.3 Å². The summed E-state index contributed by atoms with van der Waals surface area (Å²) in [6.07, 6.45) is 5.97. The van der Waals surface area contributed by atoms with Crippen LogP contribution in [0.25, 0.3) is 33.0 Å². The zero-order valence-corrected chi connectivity index (χ0v) is 26.6. The van der Waals surface area contributed by atoms with Crippen LogP contribution in [0.5, 0.6) is 11.8 Å². The van der Waals surface area contributed by atoms with Gasteiger partial charge in [0, 0.05) is 74.2 Å². The van der Waals surface area contributed by atoms with Crippen LogP contribution in [0, 0.1) is 0 Å². The number of rotatable bonds is 12. The fraction of sp³-hybridized carbons (Fsp3) is 0.355. The van der Waals surface area contributed by atoms with Gasteiger partial charge < -0.3 is 24.3 Å². The number of nitrogens with zero attached hydrogens (tertiary/aromatic N) is 5. The molecule has 0 spiro atoms. The molecule has 5 heterocycles. The number of nitrogens with two attached hydrogens (primary N) is 1. The Morgan fingerprint density at radius 3 is 2.65 bits per heavy atom. The number of methoxy groups -OCH3 is 1. The number of aromatic nitrogens is 4. The average molecular weight is 649 g/mol. The number of urea groups is 1. The molecule has 4 aromatic rings. The molecule has 0 saturated carbocycles. The Morgan fingerprint density at radius 2 is 1.89 bits per heavy atom. The molecule has 1 fully saturated rings. The predicted octanol–water partition coefficient (Wildman–Crippen LogP) is 4.00. The van der Waals surface area contributed by atoms with Crippen molar-refractivity contribution >= 4 is 29.1 Å². The summed E-state index contributed by atoms with van der Waals surface area (Å²) in [5, 5.41) is 8.98. The lowest BCUT2D eigenvalue weighted by atomic mass is 10.0. The zero-order valence-electron chi connectivity index (χ0n) is 25.8. The van der Waals surface area contributed by atoms with E-state index in [0.717, 1.165) is 5.01 Å². The maximum absolute atomic E-state index is 12.9. The molecule has 1 aliphatic rings. The van der Waals surface area contributed by atoms with E-state index in [9.17, 15) is 9.59 Å². The predicted molar refractivity (Wildman–Crippen MR) is 173 cm³/mol. The summed E-state index contributed by atoms with van der Waals surface area (Å²) in [4.78, 5) is 43.7. The first-order valence-corrected chi connectivity index (χ1v) is 15.6. The van der Waals surface area contributed by atoms with Crippen molar-refractivity contribution in [1.82, 2.24) is 30.3 Å². The lowest BCUT2D eigenvalue weighted by molar-refractivity contribution is 0.0240. The van der Waals surface area contributed by atoms with E-state index in [2.05, 4.69) is 25.6 Å². The molecule has 0 atom stereocenters. The van der Waals surface area contributed by atoms with Crippen LogP contribution in [0.3, 0.4) is 0 Å². The van der Waals surface area contributed by atoms with Crippen molar-refractivity contribution in [2.45, 2.75) is 25.9 Å². The van der Waals surface area contributed by atoms with E-state index in [1.165, 1.54) is 24.6 Å². The lowest BCUT2D eigenvalue weighted by Crippen LogP contribution is -2.33. The number of thiazole rings is 1. The molecule has 14 nitrogen and oxygen atoms in total. The summed E-state index contributed by atoms with van der Waals surface area (Å²) in [5.74, 6) is 6.42. The third kappa shape index (κ3) is 7.92. The van der Waals surface area contributed by atoms with Crippen molar-refractivity contribution in [3.63, 3.8) is 0 Å². The van der Waals surface area contributed by atoms with Crippen LogP contribution in [0.4, 0.5) is 10.6 Å². The quantitative estimate of drug-likeness (QED) is 0.0876. The zero-order chi connectivity index (χ0) is 32.5. The summed E-state index contributed by atoms with van der Waals surface area (Å²) < 4.78 is 22.9. The van der Waals surface area contributed by atoms with Crippen LogP contribution >= 0.6 is 11.3 Å². The molecule has 0 aliphatic carbocycles. The summed E-state index contributed by atoms with van der Waals surface area (Å²) >= 11 is 1.39. The van der Waals surface area contributed by atoms with Crippen molar-refractivity contribution in [1.29, 1.82) is 0 Å². The van der Waals surface area contributed by atoms with Crippen LogP contribution < -0.4 is 25.9 Å². The Hall–Kier alpha value is -4.70. The Morgan fingerprint density at radius 1 is 1.07 bits per heavy atom. The second-order valence-corrected chi connectivity index (χ2v) is 11.1. The van der Waals surface area contributed by atoms with Gasteiger partial charge in [-0.1, -0.05) is 0 Å². The van der Waals surface area contributed by atoms with Crippen LogP contribution in [0.2, 0.25) is 0 Å². The molecule has 0 aromatic carbocycles. The van der Waals surface area contributed by atoms with Gasteiger partial charge in [-0.2, -0.15) is 0 Å². The maximum Gasteiger partial charge on any atom is 0.320 e. The normalized spacial score (nSPS) is 13.2. The third-order valence-electron chi connectivity index (χ3n) is 6.95. The van der Waals surface area contributed by atoms with Gasteiger partial charge in [-0.3, -0.25) is 15.1 Å². The summed E-state index contributed by atoms with van der Waals surface area (Å²) in [6, 6.07) is 6.71.